The summed E-state index contributed by atoms with van der Waals surface area (Å²) in [6.07, 6.45) is 2.03. The van der Waals surface area contributed by atoms with Crippen molar-refractivity contribution >= 4 is 5.70 Å². The van der Waals surface area contributed by atoms with E-state index in [2.05, 4.69) is 0 Å². The predicted octanol–water partition coefficient (Wildman–Crippen LogP) is 2.17. The van der Waals surface area contributed by atoms with Crippen LogP contribution < -0.4 is 15.2 Å². The third-order valence-corrected chi connectivity index (χ3v) is 2.18. The molecule has 0 spiro atoms. The Morgan fingerprint density at radius 2 is 2.20 bits per heavy atom. The molecular weight excluding hydrogens is 190 g/mol. The Balaban J connectivity index is 2.33. The number of benzene rings is 1. The molecule has 0 atom stereocenters. The minimum Gasteiger partial charge on any atom is -0.491 e. The van der Waals surface area contributed by atoms with E-state index >= 15 is 0 Å². The van der Waals surface area contributed by atoms with E-state index in [1.54, 1.807) is 0 Å². The summed E-state index contributed by atoms with van der Waals surface area (Å²) in [5, 5.41) is 0. The molecule has 0 bridgehead atoms. The van der Waals surface area contributed by atoms with Gasteiger partial charge in [0.05, 0.1) is 6.10 Å². The molecule has 3 nitrogen and oxygen atoms in total. The van der Waals surface area contributed by atoms with Crippen molar-refractivity contribution in [3.05, 3.63) is 29.8 Å². The quantitative estimate of drug-likeness (QED) is 0.804. The molecule has 0 amide bonds. The summed E-state index contributed by atoms with van der Waals surface area (Å²) in [5.41, 5.74) is 7.54. The van der Waals surface area contributed by atoms with Gasteiger partial charge in [0.1, 0.15) is 18.1 Å². The van der Waals surface area contributed by atoms with Crippen LogP contribution in [0.25, 0.3) is 5.70 Å². The minimum atomic E-state index is 0.165. The Kier molecular flexibility index (Phi) is 2.54. The molecule has 2 rings (SSSR count). The third-order valence-electron chi connectivity index (χ3n) is 2.18. The summed E-state index contributed by atoms with van der Waals surface area (Å²) in [6.45, 7) is 4.54. The molecule has 2 N–H and O–H groups in total. The van der Waals surface area contributed by atoms with E-state index in [1.807, 2.05) is 38.1 Å². The number of rotatable bonds is 2. The maximum absolute atomic E-state index is 5.87. The van der Waals surface area contributed by atoms with Crippen molar-refractivity contribution in [1.82, 2.24) is 0 Å². The van der Waals surface area contributed by atoms with Crippen LogP contribution in [0.1, 0.15) is 19.4 Å². The van der Waals surface area contributed by atoms with Crippen molar-refractivity contribution < 1.29 is 9.47 Å². The first-order chi connectivity index (χ1) is 7.16. The number of nitrogens with two attached hydrogens (primary N) is 1. The van der Waals surface area contributed by atoms with E-state index < -0.39 is 0 Å². The first kappa shape index (κ1) is 9.90. The molecule has 0 radical (unpaired) electrons. The molecule has 0 fully saturated rings. The van der Waals surface area contributed by atoms with Gasteiger partial charge in [-0.15, -0.1) is 0 Å². The highest BCUT2D eigenvalue weighted by Crippen LogP contribution is 2.30. The second-order valence-electron chi connectivity index (χ2n) is 3.80. The molecule has 0 unspecified atom stereocenters. The highest BCUT2D eigenvalue weighted by atomic mass is 16.5. The Bertz CT molecular complexity index is 397. The summed E-state index contributed by atoms with van der Waals surface area (Å²) >= 11 is 0. The fourth-order valence-electron chi connectivity index (χ4n) is 1.54. The lowest BCUT2D eigenvalue weighted by Crippen LogP contribution is -2.11. The van der Waals surface area contributed by atoms with Crippen molar-refractivity contribution in [2.45, 2.75) is 20.0 Å². The normalized spacial score (nSPS) is 14.2. The fourth-order valence-corrected chi connectivity index (χ4v) is 1.54. The predicted molar refractivity (Wildman–Crippen MR) is 59.9 cm³/mol. The second kappa shape index (κ2) is 3.85. The average molecular weight is 205 g/mol. The first-order valence-electron chi connectivity index (χ1n) is 5.06. The Labute approximate surface area is 89.5 Å². The lowest BCUT2D eigenvalue weighted by atomic mass is 10.1. The highest BCUT2D eigenvalue weighted by molar-refractivity contribution is 5.70. The topological polar surface area (TPSA) is 44.5 Å². The molecule has 1 aliphatic rings. The van der Waals surface area contributed by atoms with E-state index in [9.17, 15) is 0 Å². The van der Waals surface area contributed by atoms with Gasteiger partial charge in [-0.05, 0) is 38.1 Å². The zero-order valence-corrected chi connectivity index (χ0v) is 8.99. The first-order valence-corrected chi connectivity index (χ1v) is 5.06. The van der Waals surface area contributed by atoms with E-state index in [0.29, 0.717) is 6.61 Å². The Morgan fingerprint density at radius 3 is 2.93 bits per heavy atom. The van der Waals surface area contributed by atoms with Gasteiger partial charge in [-0.3, -0.25) is 0 Å². The van der Waals surface area contributed by atoms with E-state index in [4.69, 9.17) is 15.2 Å². The van der Waals surface area contributed by atoms with Gasteiger partial charge in [0.15, 0.2) is 0 Å². The van der Waals surface area contributed by atoms with Crippen molar-refractivity contribution in [3.63, 3.8) is 0 Å². The lowest BCUT2D eigenvalue weighted by Gasteiger charge is -2.18. The van der Waals surface area contributed by atoms with Gasteiger partial charge in [-0.1, -0.05) is 0 Å². The molecule has 1 heterocycles. The molecule has 0 aromatic heterocycles. The van der Waals surface area contributed by atoms with Crippen molar-refractivity contribution in [2.75, 3.05) is 6.61 Å². The van der Waals surface area contributed by atoms with Crippen LogP contribution in [0.2, 0.25) is 0 Å². The molecule has 15 heavy (non-hydrogen) atoms. The van der Waals surface area contributed by atoms with Crippen LogP contribution in [0.3, 0.4) is 0 Å². The minimum absolute atomic E-state index is 0.165. The van der Waals surface area contributed by atoms with Crippen molar-refractivity contribution in [2.24, 2.45) is 5.73 Å². The van der Waals surface area contributed by atoms with Gasteiger partial charge in [0.25, 0.3) is 0 Å². The number of hydrogen-bond acceptors (Lipinski definition) is 3. The zero-order valence-electron chi connectivity index (χ0n) is 8.99. The number of fused-ring (bicyclic) bond motifs is 1. The molecular formula is C12H15NO2. The largest absolute Gasteiger partial charge is 0.491 e. The van der Waals surface area contributed by atoms with Gasteiger partial charge in [-0.25, -0.2) is 0 Å². The lowest BCUT2D eigenvalue weighted by molar-refractivity contribution is 0.241. The van der Waals surface area contributed by atoms with Crippen molar-refractivity contribution in [1.29, 1.82) is 0 Å². The molecule has 3 heteroatoms. The highest BCUT2D eigenvalue weighted by Gasteiger charge is 2.12. The van der Waals surface area contributed by atoms with Gasteiger partial charge < -0.3 is 15.2 Å². The maximum Gasteiger partial charge on any atom is 0.129 e. The zero-order chi connectivity index (χ0) is 10.8. The number of ether oxygens (including phenoxy) is 2. The molecule has 0 aliphatic carbocycles. The smallest absolute Gasteiger partial charge is 0.129 e. The molecule has 80 valence electrons. The SMILES string of the molecule is CC(C)Oc1ccc2c(c1)C(N)=CCO2. The Morgan fingerprint density at radius 1 is 1.40 bits per heavy atom. The summed E-state index contributed by atoms with van der Waals surface area (Å²) in [6, 6.07) is 5.71. The van der Waals surface area contributed by atoms with Gasteiger partial charge >= 0.3 is 0 Å². The summed E-state index contributed by atoms with van der Waals surface area (Å²) in [7, 11) is 0. The maximum atomic E-state index is 5.87. The van der Waals surface area contributed by atoms with Gasteiger partial charge in [0.2, 0.25) is 0 Å². The van der Waals surface area contributed by atoms with Gasteiger partial charge in [-0.2, -0.15) is 0 Å². The van der Waals surface area contributed by atoms with Crippen LogP contribution in [0, 0.1) is 0 Å². The van der Waals surface area contributed by atoms with Crippen LogP contribution in [0.4, 0.5) is 0 Å². The molecule has 1 aromatic carbocycles. The van der Waals surface area contributed by atoms with Crippen LogP contribution in [-0.2, 0) is 0 Å². The summed E-state index contributed by atoms with van der Waals surface area (Å²) in [4.78, 5) is 0. The molecule has 1 aromatic rings. The van der Waals surface area contributed by atoms with Crippen LogP contribution in [0.5, 0.6) is 11.5 Å². The van der Waals surface area contributed by atoms with Crippen molar-refractivity contribution in [3.8, 4) is 11.5 Å². The average Bonchev–Trinajstić information content (AvgIpc) is 2.18. The van der Waals surface area contributed by atoms with E-state index in [0.717, 1.165) is 22.8 Å². The summed E-state index contributed by atoms with van der Waals surface area (Å²) in [5.74, 6) is 1.65. The van der Waals surface area contributed by atoms with Gasteiger partial charge in [0, 0.05) is 11.3 Å². The third kappa shape index (κ3) is 2.06. The van der Waals surface area contributed by atoms with Crippen LogP contribution in [0.15, 0.2) is 24.3 Å². The summed E-state index contributed by atoms with van der Waals surface area (Å²) < 4.78 is 11.0. The second-order valence-corrected chi connectivity index (χ2v) is 3.80. The standard InChI is InChI=1S/C12H15NO2/c1-8(2)15-9-3-4-12-10(7-9)11(13)5-6-14-12/h3-5,7-8H,6,13H2,1-2H3. The van der Waals surface area contributed by atoms with Crippen LogP contribution >= 0.6 is 0 Å². The molecule has 0 saturated carbocycles. The fraction of sp³-hybridized carbons (Fsp3) is 0.333. The monoisotopic (exact) mass is 205 g/mol. The van der Waals surface area contributed by atoms with E-state index in [-0.39, 0.29) is 6.10 Å². The Hall–Kier alpha value is -1.64. The van der Waals surface area contributed by atoms with Crippen LogP contribution in [-0.4, -0.2) is 12.7 Å². The molecule has 0 saturated heterocycles. The van der Waals surface area contributed by atoms with E-state index in [1.165, 1.54) is 0 Å². The number of hydrogen-bond donors (Lipinski definition) is 1. The molecule has 1 aliphatic heterocycles.